The molecule has 3 heterocycles. The van der Waals surface area contributed by atoms with Gasteiger partial charge in [0.1, 0.15) is 11.6 Å². The number of hydrogen-bond donors (Lipinski definition) is 1. The molecule has 3 aromatic rings. The summed E-state index contributed by atoms with van der Waals surface area (Å²) in [5, 5.41) is 3.18. The van der Waals surface area contributed by atoms with Crippen LogP contribution < -0.4 is 5.56 Å². The molecule has 134 valence electrons. The lowest BCUT2D eigenvalue weighted by atomic mass is 10.1. The molecule has 1 aliphatic carbocycles. The first-order valence-electron chi connectivity index (χ1n) is 8.88. The summed E-state index contributed by atoms with van der Waals surface area (Å²) in [6, 6.07) is 5.58. The Bertz CT molecular complexity index is 1070. The van der Waals surface area contributed by atoms with E-state index in [-0.39, 0.29) is 5.56 Å². The summed E-state index contributed by atoms with van der Waals surface area (Å²) in [6.07, 6.45) is 2.95. The average Bonchev–Trinajstić information content (AvgIpc) is 3.38. The van der Waals surface area contributed by atoms with Gasteiger partial charge in [0.05, 0.1) is 11.3 Å². The zero-order chi connectivity index (χ0) is 17.8. The van der Waals surface area contributed by atoms with Gasteiger partial charge in [-0.15, -0.1) is 0 Å². The van der Waals surface area contributed by atoms with Crippen LogP contribution in [0.15, 0.2) is 29.1 Å². The standard InChI is InChI=1S/C19H18F2N4O/c20-13-4-3-12(15(21)7-13)9-24-6-5-16-14(10-24)19(26)25-18(22-16)8-17(23-25)11-1-2-11/h3-4,7-8,11,23H,1-2,5-6,9-10H2. The molecular formula is C19H18F2N4O. The van der Waals surface area contributed by atoms with Crippen LogP contribution in [0.3, 0.4) is 0 Å². The Balaban J connectivity index is 1.46. The van der Waals surface area contributed by atoms with Crippen molar-refractivity contribution in [1.29, 1.82) is 0 Å². The number of nitrogens with zero attached hydrogens (tertiary/aromatic N) is 3. The minimum absolute atomic E-state index is 0.0822. The van der Waals surface area contributed by atoms with E-state index in [0.29, 0.717) is 48.7 Å². The van der Waals surface area contributed by atoms with Gasteiger partial charge < -0.3 is 0 Å². The molecule has 1 fully saturated rings. The number of H-pyrrole nitrogens is 1. The highest BCUT2D eigenvalue weighted by Gasteiger charge is 2.28. The number of nitrogens with one attached hydrogen (secondary N) is 1. The van der Waals surface area contributed by atoms with Gasteiger partial charge in [-0.25, -0.2) is 18.3 Å². The summed E-state index contributed by atoms with van der Waals surface area (Å²) < 4.78 is 28.5. The van der Waals surface area contributed by atoms with E-state index in [2.05, 4.69) is 10.1 Å². The third-order valence-corrected chi connectivity index (χ3v) is 5.29. The summed E-state index contributed by atoms with van der Waals surface area (Å²) in [5.74, 6) is -0.621. The molecule has 2 aromatic heterocycles. The molecule has 0 saturated heterocycles. The molecule has 0 bridgehead atoms. The SMILES string of the molecule is O=c1c2c(nc3cc(C4CC4)[nH]n13)CCN(Cc1ccc(F)cc1F)C2. The van der Waals surface area contributed by atoms with Crippen molar-refractivity contribution >= 4 is 5.65 Å². The van der Waals surface area contributed by atoms with Crippen LogP contribution in [0.1, 0.15) is 41.3 Å². The van der Waals surface area contributed by atoms with Crippen LogP contribution >= 0.6 is 0 Å². The summed E-state index contributed by atoms with van der Waals surface area (Å²) in [6.45, 7) is 1.44. The smallest absolute Gasteiger partial charge is 0.277 e. The Labute approximate surface area is 148 Å². The first kappa shape index (κ1) is 15.7. The third kappa shape index (κ3) is 2.63. The van der Waals surface area contributed by atoms with Crippen LogP contribution in [-0.4, -0.2) is 26.0 Å². The maximum atomic E-state index is 13.9. The predicted molar refractivity (Wildman–Crippen MR) is 92.0 cm³/mol. The molecule has 0 spiro atoms. The van der Waals surface area contributed by atoms with Crippen LogP contribution in [0.5, 0.6) is 0 Å². The highest BCUT2D eigenvalue weighted by Crippen LogP contribution is 2.39. The largest absolute Gasteiger partial charge is 0.294 e. The topological polar surface area (TPSA) is 53.4 Å². The Kier molecular flexibility index (Phi) is 3.46. The minimum atomic E-state index is -0.585. The van der Waals surface area contributed by atoms with Gasteiger partial charge in [-0.2, -0.15) is 0 Å². The summed E-state index contributed by atoms with van der Waals surface area (Å²) in [7, 11) is 0. The maximum Gasteiger partial charge on any atom is 0.277 e. The van der Waals surface area contributed by atoms with Crippen molar-refractivity contribution in [3.63, 3.8) is 0 Å². The number of benzene rings is 1. The maximum absolute atomic E-state index is 13.9. The van der Waals surface area contributed by atoms with Crippen LogP contribution in [-0.2, 0) is 19.5 Å². The van der Waals surface area contributed by atoms with Gasteiger partial charge in [-0.05, 0) is 18.9 Å². The first-order chi connectivity index (χ1) is 12.6. The molecule has 1 saturated carbocycles. The number of aromatic nitrogens is 3. The van der Waals surface area contributed by atoms with Gasteiger partial charge in [0.2, 0.25) is 0 Å². The van der Waals surface area contributed by atoms with Gasteiger partial charge in [0.15, 0.2) is 5.65 Å². The van der Waals surface area contributed by atoms with Crippen molar-refractivity contribution in [2.24, 2.45) is 0 Å². The monoisotopic (exact) mass is 356 g/mol. The van der Waals surface area contributed by atoms with Crippen molar-refractivity contribution in [2.75, 3.05) is 6.54 Å². The first-order valence-corrected chi connectivity index (χ1v) is 8.88. The van der Waals surface area contributed by atoms with E-state index in [9.17, 15) is 13.6 Å². The molecule has 0 amide bonds. The van der Waals surface area contributed by atoms with E-state index in [4.69, 9.17) is 0 Å². The van der Waals surface area contributed by atoms with E-state index in [0.717, 1.165) is 30.3 Å². The minimum Gasteiger partial charge on any atom is -0.294 e. The predicted octanol–water partition coefficient (Wildman–Crippen LogP) is 2.74. The lowest BCUT2D eigenvalue weighted by Crippen LogP contribution is -2.36. The highest BCUT2D eigenvalue weighted by atomic mass is 19.1. The normalized spacial score (nSPS) is 17.6. The zero-order valence-electron chi connectivity index (χ0n) is 14.1. The zero-order valence-corrected chi connectivity index (χ0v) is 14.1. The van der Waals surface area contributed by atoms with Crippen molar-refractivity contribution in [3.05, 3.63) is 68.8 Å². The van der Waals surface area contributed by atoms with Crippen LogP contribution in [0.25, 0.3) is 5.65 Å². The number of hydrogen-bond acceptors (Lipinski definition) is 3. The fraction of sp³-hybridized carbons (Fsp3) is 0.368. The number of aromatic amines is 1. The molecule has 5 nitrogen and oxygen atoms in total. The van der Waals surface area contributed by atoms with Crippen molar-refractivity contribution < 1.29 is 8.78 Å². The van der Waals surface area contributed by atoms with Gasteiger partial charge >= 0.3 is 0 Å². The van der Waals surface area contributed by atoms with Crippen molar-refractivity contribution in [3.8, 4) is 0 Å². The van der Waals surface area contributed by atoms with Gasteiger partial charge in [-0.3, -0.25) is 14.8 Å². The van der Waals surface area contributed by atoms with Gasteiger partial charge in [0, 0.05) is 55.4 Å². The second kappa shape index (κ2) is 5.74. The van der Waals surface area contributed by atoms with Crippen LogP contribution in [0.2, 0.25) is 0 Å². The summed E-state index contributed by atoms with van der Waals surface area (Å²) in [5.41, 5.74) is 3.57. The fourth-order valence-electron chi connectivity index (χ4n) is 3.69. The van der Waals surface area contributed by atoms with E-state index in [1.165, 1.54) is 16.6 Å². The van der Waals surface area contributed by atoms with Crippen molar-refractivity contribution in [2.45, 2.75) is 38.3 Å². The molecule has 0 atom stereocenters. The number of halogens is 2. The molecule has 1 aromatic carbocycles. The number of rotatable bonds is 3. The van der Waals surface area contributed by atoms with Gasteiger partial charge in [-0.1, -0.05) is 6.07 Å². The molecular weight excluding hydrogens is 338 g/mol. The third-order valence-electron chi connectivity index (χ3n) is 5.29. The average molecular weight is 356 g/mol. The fourth-order valence-corrected chi connectivity index (χ4v) is 3.69. The van der Waals surface area contributed by atoms with E-state index in [1.54, 1.807) is 0 Å². The van der Waals surface area contributed by atoms with Crippen LogP contribution in [0.4, 0.5) is 8.78 Å². The molecule has 0 radical (unpaired) electrons. The molecule has 7 heteroatoms. The van der Waals surface area contributed by atoms with E-state index >= 15 is 0 Å². The lowest BCUT2D eigenvalue weighted by Gasteiger charge is -2.27. The Morgan fingerprint density at radius 1 is 1.23 bits per heavy atom. The van der Waals surface area contributed by atoms with E-state index < -0.39 is 11.6 Å². The Hall–Kier alpha value is -2.54. The highest BCUT2D eigenvalue weighted by molar-refractivity contribution is 5.44. The molecule has 5 rings (SSSR count). The van der Waals surface area contributed by atoms with Crippen LogP contribution in [0, 0.1) is 11.6 Å². The Morgan fingerprint density at radius 2 is 2.08 bits per heavy atom. The molecule has 0 unspecified atom stereocenters. The number of fused-ring (bicyclic) bond motifs is 2. The molecule has 26 heavy (non-hydrogen) atoms. The van der Waals surface area contributed by atoms with Gasteiger partial charge in [0.25, 0.3) is 5.56 Å². The summed E-state index contributed by atoms with van der Waals surface area (Å²) in [4.78, 5) is 19.5. The molecule has 1 N–H and O–H groups in total. The molecule has 2 aliphatic rings. The van der Waals surface area contributed by atoms with E-state index in [1.807, 2.05) is 11.0 Å². The van der Waals surface area contributed by atoms with Crippen molar-refractivity contribution in [1.82, 2.24) is 19.5 Å². The second-order valence-electron chi connectivity index (χ2n) is 7.22. The lowest BCUT2D eigenvalue weighted by molar-refractivity contribution is 0.238. The summed E-state index contributed by atoms with van der Waals surface area (Å²) >= 11 is 0. The quantitative estimate of drug-likeness (QED) is 0.785. The molecule has 1 aliphatic heterocycles. The second-order valence-corrected chi connectivity index (χ2v) is 7.22. The Morgan fingerprint density at radius 3 is 2.85 bits per heavy atom.